The third-order valence-corrected chi connectivity index (χ3v) is 6.06. The van der Waals surface area contributed by atoms with Gasteiger partial charge in [0.05, 0.1) is 16.3 Å². The SMILES string of the molecule is Cc1ccccc1-c1nc(Cl)c(C(=N)N2C[C@@H](C)N(C(=O)OC(C)(C)C)C[C@@H]2C)cc1Cl. The molecule has 8 heteroatoms. The monoisotopic (exact) mass is 476 g/mol. The van der Waals surface area contributed by atoms with E-state index in [9.17, 15) is 4.79 Å². The van der Waals surface area contributed by atoms with E-state index in [1.54, 1.807) is 11.0 Å². The molecule has 6 nitrogen and oxygen atoms in total. The summed E-state index contributed by atoms with van der Waals surface area (Å²) in [6, 6.07) is 9.30. The van der Waals surface area contributed by atoms with Crippen molar-refractivity contribution in [3.05, 3.63) is 51.6 Å². The van der Waals surface area contributed by atoms with Crippen molar-refractivity contribution in [2.75, 3.05) is 13.1 Å². The van der Waals surface area contributed by atoms with E-state index < -0.39 is 5.60 Å². The van der Waals surface area contributed by atoms with E-state index in [0.717, 1.165) is 11.1 Å². The fraction of sp³-hybridized carbons (Fsp3) is 0.458. The zero-order valence-electron chi connectivity index (χ0n) is 19.4. The number of aryl methyl sites for hydroxylation is 1. The first-order chi connectivity index (χ1) is 14.9. The second kappa shape index (κ2) is 9.28. The van der Waals surface area contributed by atoms with Crippen molar-refractivity contribution in [1.82, 2.24) is 14.8 Å². The summed E-state index contributed by atoms with van der Waals surface area (Å²) >= 11 is 13.1. The quantitative estimate of drug-likeness (QED) is 0.326. The van der Waals surface area contributed by atoms with Crippen molar-refractivity contribution in [3.8, 4) is 11.3 Å². The van der Waals surface area contributed by atoms with Gasteiger partial charge in [0.2, 0.25) is 0 Å². The maximum atomic E-state index is 12.6. The number of halogens is 2. The molecule has 2 heterocycles. The van der Waals surface area contributed by atoms with Gasteiger partial charge >= 0.3 is 6.09 Å². The average Bonchev–Trinajstić information content (AvgIpc) is 2.69. The van der Waals surface area contributed by atoms with Crippen molar-refractivity contribution >= 4 is 35.1 Å². The van der Waals surface area contributed by atoms with Crippen LogP contribution in [0.3, 0.4) is 0 Å². The normalized spacial score (nSPS) is 19.1. The molecule has 1 fully saturated rings. The van der Waals surface area contributed by atoms with E-state index in [1.165, 1.54) is 0 Å². The minimum absolute atomic E-state index is 0.0999. The molecule has 1 saturated heterocycles. The van der Waals surface area contributed by atoms with Crippen molar-refractivity contribution in [1.29, 1.82) is 5.41 Å². The number of ether oxygens (including phenoxy) is 1. The van der Waals surface area contributed by atoms with E-state index in [2.05, 4.69) is 4.98 Å². The number of amides is 1. The number of hydrogen-bond donors (Lipinski definition) is 1. The van der Waals surface area contributed by atoms with E-state index in [1.807, 2.05) is 70.7 Å². The molecule has 32 heavy (non-hydrogen) atoms. The highest BCUT2D eigenvalue weighted by atomic mass is 35.5. The number of amidine groups is 1. The Labute approximate surface area is 200 Å². The van der Waals surface area contributed by atoms with Crippen LogP contribution in [0.25, 0.3) is 11.3 Å². The van der Waals surface area contributed by atoms with E-state index in [0.29, 0.717) is 29.4 Å². The third kappa shape index (κ3) is 5.18. The summed E-state index contributed by atoms with van der Waals surface area (Å²) in [5.41, 5.74) is 2.46. The lowest BCUT2D eigenvalue weighted by Gasteiger charge is -2.45. The molecule has 3 rings (SSSR count). The van der Waals surface area contributed by atoms with Gasteiger partial charge in [0, 0.05) is 30.7 Å². The number of nitrogens with zero attached hydrogens (tertiary/aromatic N) is 3. The van der Waals surface area contributed by atoms with Crippen LogP contribution in [0.2, 0.25) is 10.2 Å². The zero-order chi connectivity index (χ0) is 23.8. The van der Waals surface area contributed by atoms with Crippen LogP contribution >= 0.6 is 23.2 Å². The molecule has 0 saturated carbocycles. The Bertz CT molecular complexity index is 1040. The minimum Gasteiger partial charge on any atom is -0.444 e. The van der Waals surface area contributed by atoms with Crippen molar-refractivity contribution < 1.29 is 9.53 Å². The lowest BCUT2D eigenvalue weighted by atomic mass is 10.0. The van der Waals surface area contributed by atoms with Crippen LogP contribution in [0.4, 0.5) is 4.79 Å². The average molecular weight is 477 g/mol. The highest BCUT2D eigenvalue weighted by Crippen LogP contribution is 2.33. The minimum atomic E-state index is -0.557. The fourth-order valence-electron chi connectivity index (χ4n) is 3.83. The fourth-order valence-corrected chi connectivity index (χ4v) is 4.31. The highest BCUT2D eigenvalue weighted by Gasteiger charge is 2.36. The first-order valence-electron chi connectivity index (χ1n) is 10.7. The van der Waals surface area contributed by atoms with Crippen LogP contribution in [-0.2, 0) is 4.74 Å². The largest absolute Gasteiger partial charge is 0.444 e. The maximum Gasteiger partial charge on any atom is 0.410 e. The van der Waals surface area contributed by atoms with Gasteiger partial charge in [-0.1, -0.05) is 47.5 Å². The number of nitrogens with one attached hydrogen (secondary N) is 1. The Morgan fingerprint density at radius 1 is 1.12 bits per heavy atom. The molecular weight excluding hydrogens is 447 g/mol. The topological polar surface area (TPSA) is 69.5 Å². The molecule has 2 atom stereocenters. The van der Waals surface area contributed by atoms with Crippen molar-refractivity contribution in [2.45, 2.75) is 59.2 Å². The predicted molar refractivity (Wildman–Crippen MR) is 130 cm³/mol. The number of carbonyl (C=O) groups is 1. The molecule has 0 radical (unpaired) electrons. The summed E-state index contributed by atoms with van der Waals surface area (Å²) < 4.78 is 5.54. The Hall–Kier alpha value is -2.31. The molecular formula is C24H30Cl2N4O2. The van der Waals surface area contributed by atoms with Gasteiger partial charge in [0.15, 0.2) is 0 Å². The summed E-state index contributed by atoms with van der Waals surface area (Å²) in [6.45, 7) is 12.4. The summed E-state index contributed by atoms with van der Waals surface area (Å²) in [6.07, 6.45) is -0.339. The van der Waals surface area contributed by atoms with Crippen LogP contribution in [0, 0.1) is 12.3 Å². The number of piperazine rings is 1. The van der Waals surface area contributed by atoms with Gasteiger partial charge < -0.3 is 14.5 Å². The molecule has 1 N–H and O–H groups in total. The van der Waals surface area contributed by atoms with Crippen molar-refractivity contribution in [2.24, 2.45) is 0 Å². The number of rotatable bonds is 2. The molecule has 1 aliphatic rings. The number of pyridine rings is 1. The molecule has 0 unspecified atom stereocenters. The third-order valence-electron chi connectivity index (χ3n) is 5.49. The molecule has 1 aromatic heterocycles. The van der Waals surface area contributed by atoms with E-state index in [4.69, 9.17) is 33.3 Å². The van der Waals surface area contributed by atoms with E-state index in [-0.39, 0.29) is 29.2 Å². The lowest BCUT2D eigenvalue weighted by molar-refractivity contribution is 0.000408. The molecule has 0 bridgehead atoms. The molecule has 1 aliphatic heterocycles. The zero-order valence-corrected chi connectivity index (χ0v) is 20.9. The number of benzene rings is 1. The van der Waals surface area contributed by atoms with Gasteiger partial charge in [-0.25, -0.2) is 9.78 Å². The first-order valence-corrected chi connectivity index (χ1v) is 11.4. The Morgan fingerprint density at radius 3 is 2.34 bits per heavy atom. The van der Waals surface area contributed by atoms with Crippen LogP contribution in [0.1, 0.15) is 45.7 Å². The number of hydrogen-bond acceptors (Lipinski definition) is 4. The smallest absolute Gasteiger partial charge is 0.410 e. The van der Waals surface area contributed by atoms with Crippen LogP contribution in [-0.4, -0.2) is 57.5 Å². The molecule has 1 aromatic carbocycles. The van der Waals surface area contributed by atoms with Crippen molar-refractivity contribution in [3.63, 3.8) is 0 Å². The molecule has 0 spiro atoms. The summed E-state index contributed by atoms with van der Waals surface area (Å²) in [7, 11) is 0. The standard InChI is InChI=1S/C24H30Cl2N4O2/c1-14-9-7-8-10-17(14)20-19(25)11-18(21(26)28-20)22(27)29-12-16(3)30(13-15(29)2)23(31)32-24(4,5)6/h7-11,15-16,27H,12-13H2,1-6H3/t15-,16+/m0/s1. The Morgan fingerprint density at radius 2 is 1.72 bits per heavy atom. The molecule has 2 aromatic rings. The van der Waals surface area contributed by atoms with E-state index >= 15 is 0 Å². The molecule has 0 aliphatic carbocycles. The second-order valence-electron chi connectivity index (χ2n) is 9.30. The van der Waals surface area contributed by atoms with Gasteiger partial charge in [0.25, 0.3) is 0 Å². The van der Waals surface area contributed by atoms with Gasteiger partial charge in [-0.15, -0.1) is 0 Å². The van der Waals surface area contributed by atoms with Crippen LogP contribution < -0.4 is 0 Å². The lowest BCUT2D eigenvalue weighted by Crippen LogP contribution is -2.60. The van der Waals surface area contributed by atoms with Gasteiger partial charge in [-0.3, -0.25) is 5.41 Å². The van der Waals surface area contributed by atoms with Gasteiger partial charge in [-0.2, -0.15) is 0 Å². The highest BCUT2D eigenvalue weighted by molar-refractivity contribution is 6.36. The number of carbonyl (C=O) groups excluding carboxylic acids is 1. The Balaban J connectivity index is 1.83. The predicted octanol–water partition coefficient (Wildman–Crippen LogP) is 6.02. The van der Waals surface area contributed by atoms with Gasteiger partial charge in [-0.05, 0) is 53.2 Å². The van der Waals surface area contributed by atoms with Gasteiger partial charge in [0.1, 0.15) is 16.6 Å². The second-order valence-corrected chi connectivity index (χ2v) is 10.1. The summed E-state index contributed by atoms with van der Waals surface area (Å²) in [5.74, 6) is 0.240. The Kier molecular flexibility index (Phi) is 7.06. The first kappa shape index (κ1) is 24.3. The summed E-state index contributed by atoms with van der Waals surface area (Å²) in [4.78, 5) is 20.8. The van der Waals surface area contributed by atoms with Crippen LogP contribution in [0.5, 0.6) is 0 Å². The number of aromatic nitrogens is 1. The maximum absolute atomic E-state index is 12.6. The molecule has 1 amide bonds. The summed E-state index contributed by atoms with van der Waals surface area (Å²) in [5, 5.41) is 9.49. The molecule has 172 valence electrons. The van der Waals surface area contributed by atoms with Crippen LogP contribution in [0.15, 0.2) is 30.3 Å².